The van der Waals surface area contributed by atoms with E-state index in [-0.39, 0.29) is 0 Å². The Labute approximate surface area is 114 Å². The Hall–Kier alpha value is -1.80. The van der Waals surface area contributed by atoms with E-state index in [4.69, 9.17) is 5.26 Å². The molecule has 2 aromatic rings. The van der Waals surface area contributed by atoms with Gasteiger partial charge in [-0.25, -0.2) is 0 Å². The lowest BCUT2D eigenvalue weighted by molar-refractivity contribution is 0.711. The number of aryl methyl sites for hydroxylation is 1. The second kappa shape index (κ2) is 5.69. The van der Waals surface area contributed by atoms with Crippen molar-refractivity contribution in [2.45, 2.75) is 6.42 Å². The molecule has 5 heteroatoms. The van der Waals surface area contributed by atoms with Gasteiger partial charge >= 0.3 is 0 Å². The number of hydrogen-bond donors (Lipinski definition) is 1. The Balaban J connectivity index is 1.99. The van der Waals surface area contributed by atoms with Crippen LogP contribution in [0.3, 0.4) is 0 Å². The summed E-state index contributed by atoms with van der Waals surface area (Å²) in [4.78, 5) is 0. The van der Waals surface area contributed by atoms with Crippen molar-refractivity contribution in [2.75, 3.05) is 11.9 Å². The molecule has 0 aliphatic carbocycles. The van der Waals surface area contributed by atoms with Gasteiger partial charge in [0, 0.05) is 36.4 Å². The first-order valence-electron chi connectivity index (χ1n) is 5.61. The number of nitrogens with one attached hydrogen (secondary N) is 1. The van der Waals surface area contributed by atoms with Crippen LogP contribution in [0.4, 0.5) is 5.69 Å². The van der Waals surface area contributed by atoms with Crippen molar-refractivity contribution in [3.63, 3.8) is 0 Å². The highest BCUT2D eigenvalue weighted by Crippen LogP contribution is 2.20. The molecular formula is C13H13BrN4. The van der Waals surface area contributed by atoms with Crippen molar-refractivity contribution in [3.05, 3.63) is 46.2 Å². The summed E-state index contributed by atoms with van der Waals surface area (Å²) in [5, 5.41) is 16.4. The zero-order valence-corrected chi connectivity index (χ0v) is 11.6. The molecule has 1 aromatic heterocycles. The summed E-state index contributed by atoms with van der Waals surface area (Å²) in [6, 6.07) is 9.82. The van der Waals surface area contributed by atoms with Crippen LogP contribution < -0.4 is 5.32 Å². The number of hydrogen-bond acceptors (Lipinski definition) is 3. The molecule has 0 atom stereocenters. The maximum Gasteiger partial charge on any atom is 0.101 e. The van der Waals surface area contributed by atoms with Crippen LogP contribution in [0.25, 0.3) is 0 Å². The van der Waals surface area contributed by atoms with E-state index in [1.165, 1.54) is 0 Å². The summed E-state index contributed by atoms with van der Waals surface area (Å²) in [6.07, 6.45) is 2.66. The van der Waals surface area contributed by atoms with Crippen LogP contribution in [0.15, 0.2) is 34.9 Å². The van der Waals surface area contributed by atoms with Crippen LogP contribution >= 0.6 is 15.9 Å². The largest absolute Gasteiger partial charge is 0.384 e. The molecule has 1 aromatic carbocycles. The van der Waals surface area contributed by atoms with Gasteiger partial charge in [-0.3, -0.25) is 4.68 Å². The third-order valence-corrected chi connectivity index (χ3v) is 3.21. The number of nitrogens with zero attached hydrogens (tertiary/aromatic N) is 3. The van der Waals surface area contributed by atoms with Crippen LogP contribution in [0, 0.1) is 11.3 Å². The Morgan fingerprint density at radius 1 is 1.44 bits per heavy atom. The number of rotatable bonds is 4. The minimum absolute atomic E-state index is 0.648. The fourth-order valence-electron chi connectivity index (χ4n) is 1.73. The zero-order valence-electron chi connectivity index (χ0n) is 10.0. The number of nitriles is 1. The van der Waals surface area contributed by atoms with E-state index in [0.717, 1.165) is 28.8 Å². The topological polar surface area (TPSA) is 53.6 Å². The van der Waals surface area contributed by atoms with Gasteiger partial charge in [0.15, 0.2) is 0 Å². The Kier molecular flexibility index (Phi) is 4.00. The van der Waals surface area contributed by atoms with Gasteiger partial charge in [0.1, 0.15) is 6.07 Å². The van der Waals surface area contributed by atoms with E-state index in [1.54, 1.807) is 6.20 Å². The average Bonchev–Trinajstić information content (AvgIpc) is 2.77. The SMILES string of the molecule is Cn1nccc1CCNc1ccc(Br)cc1C#N. The molecule has 0 aliphatic rings. The van der Waals surface area contributed by atoms with Crippen molar-refractivity contribution in [1.29, 1.82) is 5.26 Å². The van der Waals surface area contributed by atoms with Crippen molar-refractivity contribution in [1.82, 2.24) is 9.78 Å². The molecule has 2 rings (SSSR count). The predicted octanol–water partition coefficient (Wildman–Crippen LogP) is 2.71. The standard InChI is InChI=1S/C13H13BrN4/c1-18-12(5-7-17-18)4-6-16-13-3-2-11(14)8-10(13)9-15/h2-3,5,7-8,16H,4,6H2,1H3. The monoisotopic (exact) mass is 304 g/mol. The second-order valence-corrected chi connectivity index (χ2v) is 4.84. The van der Waals surface area contributed by atoms with Gasteiger partial charge in [0.25, 0.3) is 0 Å². The van der Waals surface area contributed by atoms with Crippen LogP contribution in [0.2, 0.25) is 0 Å². The van der Waals surface area contributed by atoms with Crippen LogP contribution in [-0.2, 0) is 13.5 Å². The number of anilines is 1. The molecule has 1 heterocycles. The van der Waals surface area contributed by atoms with Gasteiger partial charge in [0.05, 0.1) is 11.3 Å². The molecule has 0 saturated heterocycles. The molecule has 0 saturated carbocycles. The fourth-order valence-corrected chi connectivity index (χ4v) is 2.10. The summed E-state index contributed by atoms with van der Waals surface area (Å²) in [5.74, 6) is 0. The molecule has 0 aliphatic heterocycles. The molecular weight excluding hydrogens is 292 g/mol. The average molecular weight is 305 g/mol. The van der Waals surface area contributed by atoms with Crippen LogP contribution in [0.1, 0.15) is 11.3 Å². The predicted molar refractivity (Wildman–Crippen MR) is 74.3 cm³/mol. The van der Waals surface area contributed by atoms with E-state index in [1.807, 2.05) is 36.0 Å². The van der Waals surface area contributed by atoms with Gasteiger partial charge in [-0.2, -0.15) is 10.4 Å². The molecule has 0 unspecified atom stereocenters. The number of halogens is 1. The molecule has 0 fully saturated rings. The highest BCUT2D eigenvalue weighted by molar-refractivity contribution is 9.10. The molecule has 0 radical (unpaired) electrons. The number of benzene rings is 1. The summed E-state index contributed by atoms with van der Waals surface area (Å²) in [6.45, 7) is 0.774. The maximum absolute atomic E-state index is 9.05. The minimum atomic E-state index is 0.648. The van der Waals surface area contributed by atoms with E-state index in [0.29, 0.717) is 5.56 Å². The summed E-state index contributed by atoms with van der Waals surface area (Å²) in [5.41, 5.74) is 2.68. The second-order valence-electron chi connectivity index (χ2n) is 3.92. The van der Waals surface area contributed by atoms with Crippen LogP contribution in [0.5, 0.6) is 0 Å². The Morgan fingerprint density at radius 2 is 2.28 bits per heavy atom. The molecule has 0 bridgehead atoms. The first-order valence-corrected chi connectivity index (χ1v) is 6.40. The highest BCUT2D eigenvalue weighted by Gasteiger charge is 2.03. The smallest absolute Gasteiger partial charge is 0.101 e. The first kappa shape index (κ1) is 12.7. The third-order valence-electron chi connectivity index (χ3n) is 2.72. The van der Waals surface area contributed by atoms with Crippen molar-refractivity contribution in [3.8, 4) is 6.07 Å². The molecule has 0 spiro atoms. The molecule has 18 heavy (non-hydrogen) atoms. The molecule has 0 amide bonds. The van der Waals surface area contributed by atoms with E-state index in [2.05, 4.69) is 32.4 Å². The summed E-state index contributed by atoms with van der Waals surface area (Å²) < 4.78 is 2.77. The van der Waals surface area contributed by atoms with Gasteiger partial charge in [0.2, 0.25) is 0 Å². The minimum Gasteiger partial charge on any atom is -0.384 e. The highest BCUT2D eigenvalue weighted by atomic mass is 79.9. The van der Waals surface area contributed by atoms with E-state index < -0.39 is 0 Å². The quantitative estimate of drug-likeness (QED) is 0.945. The van der Waals surface area contributed by atoms with Gasteiger partial charge in [-0.1, -0.05) is 15.9 Å². The molecule has 1 N–H and O–H groups in total. The van der Waals surface area contributed by atoms with Crippen LogP contribution in [-0.4, -0.2) is 16.3 Å². The summed E-state index contributed by atoms with van der Waals surface area (Å²) in [7, 11) is 1.93. The fraction of sp³-hybridized carbons (Fsp3) is 0.231. The van der Waals surface area contributed by atoms with Gasteiger partial charge < -0.3 is 5.32 Å². The van der Waals surface area contributed by atoms with Crippen molar-refractivity contribution < 1.29 is 0 Å². The molecule has 4 nitrogen and oxygen atoms in total. The van der Waals surface area contributed by atoms with E-state index >= 15 is 0 Å². The lowest BCUT2D eigenvalue weighted by Crippen LogP contribution is -2.09. The Bertz CT molecular complexity index is 583. The van der Waals surface area contributed by atoms with Crippen molar-refractivity contribution in [2.24, 2.45) is 7.05 Å². The first-order chi connectivity index (χ1) is 8.70. The Morgan fingerprint density at radius 3 is 2.94 bits per heavy atom. The number of aromatic nitrogens is 2. The lowest BCUT2D eigenvalue weighted by atomic mass is 10.2. The van der Waals surface area contributed by atoms with Gasteiger partial charge in [-0.05, 0) is 24.3 Å². The lowest BCUT2D eigenvalue weighted by Gasteiger charge is -2.08. The van der Waals surface area contributed by atoms with E-state index in [9.17, 15) is 0 Å². The van der Waals surface area contributed by atoms with Crippen molar-refractivity contribution >= 4 is 21.6 Å². The summed E-state index contributed by atoms with van der Waals surface area (Å²) >= 11 is 3.36. The van der Waals surface area contributed by atoms with Gasteiger partial charge in [-0.15, -0.1) is 0 Å². The maximum atomic E-state index is 9.05. The normalized spacial score (nSPS) is 10.1. The third kappa shape index (κ3) is 2.90. The molecule has 92 valence electrons. The zero-order chi connectivity index (χ0) is 13.0.